The first-order chi connectivity index (χ1) is 7.33. The highest BCUT2D eigenvalue weighted by atomic mass is 16.5. The van der Waals surface area contributed by atoms with E-state index in [-0.39, 0.29) is 0 Å². The van der Waals surface area contributed by atoms with Crippen LogP contribution in [0, 0.1) is 6.92 Å². The SMILES string of the molecule is [CH2]CC(C)OCCCCc1ccccc1. The van der Waals surface area contributed by atoms with E-state index in [0.717, 1.165) is 25.9 Å². The zero-order valence-electron chi connectivity index (χ0n) is 9.61. The van der Waals surface area contributed by atoms with Gasteiger partial charge in [0.05, 0.1) is 6.10 Å². The van der Waals surface area contributed by atoms with Crippen molar-refractivity contribution < 1.29 is 4.74 Å². The minimum atomic E-state index is 0.307. The highest BCUT2D eigenvalue weighted by Crippen LogP contribution is 2.05. The van der Waals surface area contributed by atoms with Crippen LogP contribution in [0.15, 0.2) is 30.3 Å². The molecule has 0 aromatic heterocycles. The molecule has 0 aliphatic rings. The van der Waals surface area contributed by atoms with E-state index in [0.29, 0.717) is 6.10 Å². The fraction of sp³-hybridized carbons (Fsp3) is 0.500. The van der Waals surface area contributed by atoms with Crippen molar-refractivity contribution in [1.82, 2.24) is 0 Å². The maximum atomic E-state index is 5.57. The first-order valence-electron chi connectivity index (χ1n) is 5.77. The van der Waals surface area contributed by atoms with Crippen molar-refractivity contribution in [1.29, 1.82) is 0 Å². The molecule has 1 radical (unpaired) electrons. The van der Waals surface area contributed by atoms with Gasteiger partial charge in [0, 0.05) is 6.61 Å². The van der Waals surface area contributed by atoms with E-state index in [4.69, 9.17) is 4.74 Å². The summed E-state index contributed by atoms with van der Waals surface area (Å²) in [4.78, 5) is 0. The Morgan fingerprint density at radius 3 is 2.60 bits per heavy atom. The molecule has 0 saturated carbocycles. The monoisotopic (exact) mass is 205 g/mol. The molecule has 0 heterocycles. The number of benzene rings is 1. The van der Waals surface area contributed by atoms with Crippen molar-refractivity contribution in [2.45, 2.75) is 38.7 Å². The third-order valence-corrected chi connectivity index (χ3v) is 2.51. The highest BCUT2D eigenvalue weighted by molar-refractivity contribution is 5.14. The van der Waals surface area contributed by atoms with Crippen LogP contribution >= 0.6 is 0 Å². The molecule has 0 N–H and O–H groups in total. The predicted molar refractivity (Wildman–Crippen MR) is 64.8 cm³/mol. The molecule has 83 valence electrons. The third-order valence-electron chi connectivity index (χ3n) is 2.51. The van der Waals surface area contributed by atoms with Gasteiger partial charge in [-0.3, -0.25) is 0 Å². The van der Waals surface area contributed by atoms with Crippen molar-refractivity contribution in [3.05, 3.63) is 42.8 Å². The second kappa shape index (κ2) is 7.47. The van der Waals surface area contributed by atoms with E-state index >= 15 is 0 Å². The van der Waals surface area contributed by atoms with E-state index in [1.165, 1.54) is 12.0 Å². The zero-order valence-corrected chi connectivity index (χ0v) is 9.61. The van der Waals surface area contributed by atoms with Crippen molar-refractivity contribution >= 4 is 0 Å². The van der Waals surface area contributed by atoms with Crippen LogP contribution in [0.1, 0.15) is 31.7 Å². The molecule has 1 aromatic carbocycles. The summed E-state index contributed by atoms with van der Waals surface area (Å²) < 4.78 is 5.57. The number of unbranched alkanes of at least 4 members (excludes halogenated alkanes) is 1. The zero-order chi connectivity index (χ0) is 10.9. The number of ether oxygens (including phenoxy) is 1. The number of aryl methyl sites for hydroxylation is 1. The van der Waals surface area contributed by atoms with Gasteiger partial charge < -0.3 is 4.74 Å². The lowest BCUT2D eigenvalue weighted by Crippen LogP contribution is -2.07. The normalized spacial score (nSPS) is 12.7. The molecule has 0 aliphatic carbocycles. The fourth-order valence-electron chi connectivity index (χ4n) is 1.44. The van der Waals surface area contributed by atoms with Crippen LogP contribution in [0.4, 0.5) is 0 Å². The summed E-state index contributed by atoms with van der Waals surface area (Å²) in [5.41, 5.74) is 1.42. The Hall–Kier alpha value is -0.820. The van der Waals surface area contributed by atoms with Gasteiger partial charge in [0.25, 0.3) is 0 Å². The van der Waals surface area contributed by atoms with Gasteiger partial charge >= 0.3 is 0 Å². The maximum absolute atomic E-state index is 5.57. The summed E-state index contributed by atoms with van der Waals surface area (Å²) in [5, 5.41) is 0. The van der Waals surface area contributed by atoms with Gasteiger partial charge in [0.2, 0.25) is 0 Å². The molecule has 1 atom stereocenters. The van der Waals surface area contributed by atoms with Gasteiger partial charge in [-0.05, 0) is 38.2 Å². The first kappa shape index (κ1) is 12.3. The summed E-state index contributed by atoms with van der Waals surface area (Å²) >= 11 is 0. The van der Waals surface area contributed by atoms with Crippen LogP contribution in [0.2, 0.25) is 0 Å². The van der Waals surface area contributed by atoms with Crippen LogP contribution < -0.4 is 0 Å². The van der Waals surface area contributed by atoms with Gasteiger partial charge in [0.1, 0.15) is 0 Å². The molecule has 0 bridgehead atoms. The van der Waals surface area contributed by atoms with Crippen molar-refractivity contribution in [3.8, 4) is 0 Å². The van der Waals surface area contributed by atoms with Gasteiger partial charge in [-0.1, -0.05) is 37.3 Å². The van der Waals surface area contributed by atoms with Crippen LogP contribution in [0.25, 0.3) is 0 Å². The largest absolute Gasteiger partial charge is 0.379 e. The van der Waals surface area contributed by atoms with Crippen LogP contribution in [-0.4, -0.2) is 12.7 Å². The average molecular weight is 205 g/mol. The lowest BCUT2D eigenvalue weighted by molar-refractivity contribution is 0.0651. The predicted octanol–water partition coefficient (Wildman–Crippen LogP) is 3.64. The molecule has 0 spiro atoms. The highest BCUT2D eigenvalue weighted by Gasteiger charge is 1.97. The van der Waals surface area contributed by atoms with Crippen molar-refractivity contribution in [2.24, 2.45) is 0 Å². The Morgan fingerprint density at radius 1 is 1.20 bits per heavy atom. The average Bonchev–Trinajstić information content (AvgIpc) is 2.29. The lowest BCUT2D eigenvalue weighted by atomic mass is 10.1. The molecule has 1 nitrogen and oxygen atoms in total. The van der Waals surface area contributed by atoms with Crippen LogP contribution in [0.5, 0.6) is 0 Å². The molecule has 0 fully saturated rings. The third kappa shape index (κ3) is 5.58. The molecule has 0 saturated heterocycles. The molecule has 15 heavy (non-hydrogen) atoms. The van der Waals surface area contributed by atoms with Crippen LogP contribution in [0.3, 0.4) is 0 Å². The fourth-order valence-corrected chi connectivity index (χ4v) is 1.44. The van der Waals surface area contributed by atoms with Gasteiger partial charge in [-0.25, -0.2) is 0 Å². The quantitative estimate of drug-likeness (QED) is 0.617. The lowest BCUT2D eigenvalue weighted by Gasteiger charge is -2.09. The Balaban J connectivity index is 2.03. The van der Waals surface area contributed by atoms with E-state index < -0.39 is 0 Å². The second-order valence-electron chi connectivity index (χ2n) is 3.91. The summed E-state index contributed by atoms with van der Waals surface area (Å²) in [5.74, 6) is 0. The molecular weight excluding hydrogens is 184 g/mol. The summed E-state index contributed by atoms with van der Waals surface area (Å²) in [7, 11) is 0. The van der Waals surface area contributed by atoms with E-state index in [2.05, 4.69) is 44.2 Å². The Morgan fingerprint density at radius 2 is 1.93 bits per heavy atom. The van der Waals surface area contributed by atoms with E-state index in [1.807, 2.05) is 0 Å². The molecule has 1 rings (SSSR count). The smallest absolute Gasteiger partial charge is 0.0547 e. The minimum Gasteiger partial charge on any atom is -0.379 e. The summed E-state index contributed by atoms with van der Waals surface area (Å²) in [6.07, 6.45) is 4.66. The molecule has 0 aliphatic heterocycles. The Bertz CT molecular complexity index is 243. The number of rotatable bonds is 7. The van der Waals surface area contributed by atoms with Gasteiger partial charge in [-0.2, -0.15) is 0 Å². The van der Waals surface area contributed by atoms with E-state index in [9.17, 15) is 0 Å². The summed E-state index contributed by atoms with van der Waals surface area (Å²) in [6, 6.07) is 10.6. The van der Waals surface area contributed by atoms with Crippen molar-refractivity contribution in [3.63, 3.8) is 0 Å². The number of hydrogen-bond acceptors (Lipinski definition) is 1. The maximum Gasteiger partial charge on any atom is 0.0547 e. The molecular formula is C14H21O. The Kier molecular flexibility index (Phi) is 6.10. The van der Waals surface area contributed by atoms with Crippen LogP contribution in [-0.2, 0) is 11.2 Å². The second-order valence-corrected chi connectivity index (χ2v) is 3.91. The minimum absolute atomic E-state index is 0.307. The van der Waals surface area contributed by atoms with Crippen molar-refractivity contribution in [2.75, 3.05) is 6.61 Å². The van der Waals surface area contributed by atoms with Gasteiger partial charge in [-0.15, -0.1) is 0 Å². The van der Waals surface area contributed by atoms with Gasteiger partial charge in [0.15, 0.2) is 0 Å². The topological polar surface area (TPSA) is 9.23 Å². The number of hydrogen-bond donors (Lipinski definition) is 0. The molecule has 0 amide bonds. The molecule has 1 unspecified atom stereocenters. The molecule has 1 heteroatoms. The molecule has 1 aromatic rings. The Labute approximate surface area is 93.5 Å². The standard InChI is InChI=1S/C14H21O/c1-3-13(2)15-12-8-7-11-14-9-5-4-6-10-14/h4-6,9-10,13H,1,3,7-8,11-12H2,2H3. The van der Waals surface area contributed by atoms with E-state index in [1.54, 1.807) is 0 Å². The summed E-state index contributed by atoms with van der Waals surface area (Å²) in [6.45, 7) is 6.75. The first-order valence-corrected chi connectivity index (χ1v) is 5.77.